The van der Waals surface area contributed by atoms with Crippen LogP contribution >= 0.6 is 11.6 Å². The molecule has 2 heterocycles. The third kappa shape index (κ3) is 6.11. The fraction of sp³-hybridized carbons (Fsp3) is 0.214. The normalized spacial score (nSPS) is 11.6. The average molecular weight is 550 g/mol. The van der Waals surface area contributed by atoms with Gasteiger partial charge in [0.15, 0.2) is 5.82 Å². The maximum absolute atomic E-state index is 14.7. The molecule has 0 aliphatic rings. The highest BCUT2D eigenvalue weighted by molar-refractivity contribution is 6.84. The molecular weight excluding hydrogens is 524 g/mol. The molecule has 2 aromatic carbocycles. The number of rotatable bonds is 2. The minimum Gasteiger partial charge on any atom is -0.336 e. The van der Waals surface area contributed by atoms with E-state index >= 15 is 0 Å². The van der Waals surface area contributed by atoms with Gasteiger partial charge in [-0.15, -0.1) is 11.1 Å². The molecule has 4 rings (SSSR count). The molecule has 4 aromatic rings. The number of halogens is 3. The van der Waals surface area contributed by atoms with Crippen molar-refractivity contribution in [1.29, 1.82) is 0 Å². The van der Waals surface area contributed by atoms with E-state index in [0.717, 1.165) is 17.7 Å². The van der Waals surface area contributed by atoms with Crippen molar-refractivity contribution in [3.63, 3.8) is 0 Å². The first-order valence-corrected chi connectivity index (χ1v) is 19.1. The zero-order chi connectivity index (χ0) is 27.1. The first-order chi connectivity index (χ1) is 17.2. The third-order valence-corrected chi connectivity index (χ3v) is 7.29. The number of nitrogens with zero attached hydrogens (tertiary/aromatic N) is 1. The molecule has 4 nitrogen and oxygen atoms in total. The molecule has 0 unspecified atom stereocenters. The topological polar surface area (TPSA) is 57.8 Å². The SMILES string of the molecule is C[Si](C)(C)C#Cc1ccc2c(Nc3c(F)cc(F)cc3Cl)nc3c(C#C[Si](C)(C)C)c[nH]c(=O)c3c2c1. The molecule has 0 spiro atoms. The van der Waals surface area contributed by atoms with Crippen molar-refractivity contribution in [2.45, 2.75) is 39.3 Å². The van der Waals surface area contributed by atoms with E-state index in [-0.39, 0.29) is 22.1 Å². The number of anilines is 2. The van der Waals surface area contributed by atoms with Crippen LogP contribution in [0.3, 0.4) is 0 Å². The van der Waals surface area contributed by atoms with Gasteiger partial charge in [-0.1, -0.05) is 62.7 Å². The van der Waals surface area contributed by atoms with E-state index in [1.54, 1.807) is 12.3 Å². The van der Waals surface area contributed by atoms with E-state index < -0.39 is 27.8 Å². The highest BCUT2D eigenvalue weighted by Crippen LogP contribution is 2.34. The van der Waals surface area contributed by atoms with Crippen LogP contribution in [0.5, 0.6) is 0 Å². The number of aromatic amines is 1. The molecule has 2 aromatic heterocycles. The van der Waals surface area contributed by atoms with E-state index in [2.05, 4.69) is 72.5 Å². The van der Waals surface area contributed by atoms with Crippen molar-refractivity contribution in [2.75, 3.05) is 5.32 Å². The molecule has 0 aliphatic carbocycles. The molecule has 2 N–H and O–H groups in total. The Morgan fingerprint density at radius 2 is 1.62 bits per heavy atom. The van der Waals surface area contributed by atoms with Gasteiger partial charge in [-0.2, -0.15) is 0 Å². The lowest BCUT2D eigenvalue weighted by Crippen LogP contribution is -2.16. The van der Waals surface area contributed by atoms with Gasteiger partial charge in [-0.3, -0.25) is 4.79 Å². The molecule has 37 heavy (non-hydrogen) atoms. The summed E-state index contributed by atoms with van der Waals surface area (Å²) in [6, 6.07) is 7.23. The number of fused-ring (bicyclic) bond motifs is 3. The lowest BCUT2D eigenvalue weighted by atomic mass is 10.0. The highest BCUT2D eigenvalue weighted by Gasteiger charge is 2.18. The summed E-state index contributed by atoms with van der Waals surface area (Å²) in [7, 11) is -3.38. The minimum atomic E-state index is -1.74. The van der Waals surface area contributed by atoms with Gasteiger partial charge in [0.05, 0.1) is 27.2 Å². The molecule has 0 fully saturated rings. The summed E-state index contributed by atoms with van der Waals surface area (Å²) in [6.07, 6.45) is 1.54. The predicted molar refractivity (Wildman–Crippen MR) is 155 cm³/mol. The fourth-order valence-corrected chi connectivity index (χ4v) is 4.85. The number of benzene rings is 2. The molecule has 188 valence electrons. The average Bonchev–Trinajstić information content (AvgIpc) is 2.78. The Hall–Kier alpha value is -3.44. The lowest BCUT2D eigenvalue weighted by Gasteiger charge is -2.14. The predicted octanol–water partition coefficient (Wildman–Crippen LogP) is 7.21. The second kappa shape index (κ2) is 9.79. The summed E-state index contributed by atoms with van der Waals surface area (Å²) in [4.78, 5) is 20.6. The van der Waals surface area contributed by atoms with Gasteiger partial charge in [0.2, 0.25) is 0 Å². The number of hydrogen-bond donors (Lipinski definition) is 2. The quantitative estimate of drug-likeness (QED) is 0.158. The van der Waals surface area contributed by atoms with Gasteiger partial charge < -0.3 is 10.3 Å². The zero-order valence-electron chi connectivity index (χ0n) is 21.5. The van der Waals surface area contributed by atoms with Crippen LogP contribution in [-0.2, 0) is 0 Å². The summed E-state index contributed by atoms with van der Waals surface area (Å²) in [5.74, 6) is 5.03. The van der Waals surface area contributed by atoms with Crippen LogP contribution in [0, 0.1) is 34.6 Å². The maximum atomic E-state index is 14.7. The van der Waals surface area contributed by atoms with E-state index in [4.69, 9.17) is 16.6 Å². The molecule has 0 aliphatic heterocycles. The van der Waals surface area contributed by atoms with Crippen LogP contribution in [0.4, 0.5) is 20.3 Å². The Morgan fingerprint density at radius 3 is 2.27 bits per heavy atom. The maximum Gasteiger partial charge on any atom is 0.258 e. The molecule has 0 saturated carbocycles. The Kier molecular flexibility index (Phi) is 7.04. The molecule has 0 bridgehead atoms. The molecule has 0 saturated heterocycles. The van der Waals surface area contributed by atoms with Crippen LogP contribution in [0.15, 0.2) is 41.3 Å². The summed E-state index contributed by atoms with van der Waals surface area (Å²) in [5.41, 5.74) is 7.88. The summed E-state index contributed by atoms with van der Waals surface area (Å²) < 4.78 is 28.3. The van der Waals surface area contributed by atoms with Crippen LogP contribution < -0.4 is 10.9 Å². The number of hydrogen-bond acceptors (Lipinski definition) is 3. The number of H-pyrrole nitrogens is 1. The van der Waals surface area contributed by atoms with Gasteiger partial charge in [0.1, 0.15) is 27.8 Å². The standard InChI is InChI=1S/C28H26ClF2N3OSi2/c1-36(2,3)11-9-17-7-8-20-21(13-17)24-25(18(16-32-28(24)35)10-12-37(4,5)6)33-27(20)34-26-22(29)14-19(30)15-23(26)31/h7-8,13-16H,1-6H3,(H,32,35)(H,33,34). The summed E-state index contributed by atoms with van der Waals surface area (Å²) >= 11 is 6.16. The van der Waals surface area contributed by atoms with Crippen molar-refractivity contribution in [1.82, 2.24) is 9.97 Å². The fourth-order valence-electron chi connectivity index (χ4n) is 3.58. The Labute approximate surface area is 221 Å². The van der Waals surface area contributed by atoms with E-state index in [1.807, 2.05) is 12.1 Å². The Balaban J connectivity index is 2.08. The van der Waals surface area contributed by atoms with Gasteiger partial charge in [0.25, 0.3) is 5.56 Å². The zero-order valence-corrected chi connectivity index (χ0v) is 24.2. The number of nitrogens with one attached hydrogen (secondary N) is 2. The molecule has 0 amide bonds. The first kappa shape index (κ1) is 26.6. The van der Waals surface area contributed by atoms with Crippen molar-refractivity contribution < 1.29 is 8.78 Å². The molecule has 9 heteroatoms. The number of pyridine rings is 2. The Morgan fingerprint density at radius 1 is 0.946 bits per heavy atom. The molecule has 0 atom stereocenters. The second-order valence-corrected chi connectivity index (χ2v) is 20.8. The smallest absolute Gasteiger partial charge is 0.258 e. The third-order valence-electron chi connectivity index (χ3n) is 5.24. The largest absolute Gasteiger partial charge is 0.336 e. The number of aromatic nitrogens is 2. The van der Waals surface area contributed by atoms with Crippen LogP contribution in [0.25, 0.3) is 21.7 Å². The monoisotopic (exact) mass is 549 g/mol. The van der Waals surface area contributed by atoms with Gasteiger partial charge in [-0.25, -0.2) is 13.8 Å². The summed E-state index contributed by atoms with van der Waals surface area (Å²) in [5, 5.41) is 4.32. The molecular formula is C28H26ClF2N3OSi2. The van der Waals surface area contributed by atoms with Crippen molar-refractivity contribution in [2.24, 2.45) is 0 Å². The van der Waals surface area contributed by atoms with Gasteiger partial charge >= 0.3 is 0 Å². The van der Waals surface area contributed by atoms with Crippen molar-refractivity contribution >= 4 is 60.9 Å². The van der Waals surface area contributed by atoms with Crippen LogP contribution in [0.1, 0.15) is 11.1 Å². The van der Waals surface area contributed by atoms with E-state index in [1.165, 1.54) is 0 Å². The summed E-state index contributed by atoms with van der Waals surface area (Å²) in [6.45, 7) is 12.8. The van der Waals surface area contributed by atoms with Crippen LogP contribution in [0.2, 0.25) is 44.3 Å². The highest BCUT2D eigenvalue weighted by atomic mass is 35.5. The first-order valence-electron chi connectivity index (χ1n) is 11.7. The van der Waals surface area contributed by atoms with Crippen LogP contribution in [-0.4, -0.2) is 26.1 Å². The van der Waals surface area contributed by atoms with Crippen molar-refractivity contribution in [3.05, 3.63) is 74.7 Å². The minimum absolute atomic E-state index is 0.113. The van der Waals surface area contributed by atoms with E-state index in [0.29, 0.717) is 27.2 Å². The Bertz CT molecular complexity index is 1720. The van der Waals surface area contributed by atoms with E-state index in [9.17, 15) is 13.6 Å². The van der Waals surface area contributed by atoms with Gasteiger partial charge in [-0.05, 0) is 24.3 Å². The van der Waals surface area contributed by atoms with Gasteiger partial charge in [0, 0.05) is 28.6 Å². The lowest BCUT2D eigenvalue weighted by molar-refractivity contribution is 0.586. The molecule has 0 radical (unpaired) electrons. The van der Waals surface area contributed by atoms with Crippen molar-refractivity contribution in [3.8, 4) is 22.9 Å². The second-order valence-electron chi connectivity index (χ2n) is 10.8.